The molecule has 0 amide bonds. The molecular weight excluding hydrogens is 182 g/mol. The van der Waals surface area contributed by atoms with Crippen LogP contribution in [0.2, 0.25) is 0 Å². The van der Waals surface area contributed by atoms with Gasteiger partial charge in [0.25, 0.3) is 0 Å². The van der Waals surface area contributed by atoms with Gasteiger partial charge in [0.05, 0.1) is 0 Å². The van der Waals surface area contributed by atoms with E-state index >= 15 is 0 Å². The predicted octanol–water partition coefficient (Wildman–Crippen LogP) is 2.22. The van der Waals surface area contributed by atoms with Crippen LogP contribution >= 0.6 is 0 Å². The van der Waals surface area contributed by atoms with E-state index in [2.05, 4.69) is 55.3 Å². The Balaban J connectivity index is 2.17. The third-order valence-corrected chi connectivity index (χ3v) is 2.85. The summed E-state index contributed by atoms with van der Waals surface area (Å²) in [7, 11) is 0. The minimum atomic E-state index is 0.363. The molecule has 1 heteroatoms. The average molecular weight is 200 g/mol. The lowest BCUT2D eigenvalue weighted by Gasteiger charge is -2.22. The van der Waals surface area contributed by atoms with E-state index in [-0.39, 0.29) is 0 Å². The molecule has 0 unspecified atom stereocenters. The van der Waals surface area contributed by atoms with Crippen molar-refractivity contribution >= 4 is 11.4 Å². The Bertz CT molecular complexity index is 385. The van der Waals surface area contributed by atoms with Crippen molar-refractivity contribution in [2.75, 3.05) is 0 Å². The van der Waals surface area contributed by atoms with E-state index in [1.54, 1.807) is 0 Å². The van der Waals surface area contributed by atoms with Crippen molar-refractivity contribution in [3.05, 3.63) is 42.5 Å². The van der Waals surface area contributed by atoms with Gasteiger partial charge in [-0.1, -0.05) is 38.1 Å². The maximum Gasteiger partial charge on any atom is 0.203 e. The largest absolute Gasteiger partial charge is 0.209 e. The van der Waals surface area contributed by atoms with E-state index in [4.69, 9.17) is 0 Å². The number of para-hydroxylation sites is 1. The molecule has 0 radical (unpaired) electrons. The highest BCUT2D eigenvalue weighted by atomic mass is 14.7. The van der Waals surface area contributed by atoms with Crippen LogP contribution in [0.4, 0.5) is 5.69 Å². The zero-order valence-electron chi connectivity index (χ0n) is 9.46. The zero-order valence-corrected chi connectivity index (χ0v) is 9.46. The molecule has 0 atom stereocenters. The van der Waals surface area contributed by atoms with Crippen LogP contribution < -0.4 is 4.99 Å². The summed E-state index contributed by atoms with van der Waals surface area (Å²) in [6, 6.07) is 10.3. The topological polar surface area (TPSA) is 14.0 Å². The van der Waals surface area contributed by atoms with Crippen molar-refractivity contribution in [2.24, 2.45) is 5.41 Å². The smallest absolute Gasteiger partial charge is 0.203 e. The maximum absolute atomic E-state index is 3.45. The molecule has 0 saturated heterocycles. The van der Waals surface area contributed by atoms with E-state index in [1.807, 2.05) is 6.07 Å². The van der Waals surface area contributed by atoms with Gasteiger partial charge in [0.15, 0.2) is 5.71 Å². The van der Waals surface area contributed by atoms with Crippen LogP contribution in [0.15, 0.2) is 42.5 Å². The van der Waals surface area contributed by atoms with Gasteiger partial charge in [-0.05, 0) is 11.8 Å². The van der Waals surface area contributed by atoms with Crippen LogP contribution in [-0.4, -0.2) is 5.71 Å². The first-order chi connectivity index (χ1) is 7.16. The SMILES string of the molecule is CC1(C)C=CC(=[NH+]c2ccccc2)CC1. The van der Waals surface area contributed by atoms with Gasteiger partial charge < -0.3 is 0 Å². The Morgan fingerprint density at radius 3 is 2.47 bits per heavy atom. The second kappa shape index (κ2) is 4.01. The number of nitrogens with one attached hydrogen (secondary N) is 1. The Kier molecular flexibility index (Phi) is 2.72. The van der Waals surface area contributed by atoms with Crippen molar-refractivity contribution in [2.45, 2.75) is 26.7 Å². The van der Waals surface area contributed by atoms with Gasteiger partial charge in [-0.15, -0.1) is 0 Å². The normalized spacial score (nSPS) is 21.9. The fourth-order valence-electron chi connectivity index (χ4n) is 1.76. The summed E-state index contributed by atoms with van der Waals surface area (Å²) in [6.45, 7) is 4.56. The third kappa shape index (κ3) is 2.79. The molecule has 1 aromatic rings. The molecule has 0 heterocycles. The van der Waals surface area contributed by atoms with E-state index in [1.165, 1.54) is 17.8 Å². The monoisotopic (exact) mass is 200 g/mol. The number of allylic oxidation sites excluding steroid dienone is 2. The molecule has 1 aliphatic rings. The van der Waals surface area contributed by atoms with Gasteiger partial charge in [0.1, 0.15) is 0 Å². The van der Waals surface area contributed by atoms with Crippen molar-refractivity contribution < 1.29 is 4.99 Å². The second-order valence-corrected chi connectivity index (χ2v) is 4.84. The Labute approximate surface area is 91.6 Å². The minimum absolute atomic E-state index is 0.363. The second-order valence-electron chi connectivity index (χ2n) is 4.84. The summed E-state index contributed by atoms with van der Waals surface area (Å²) in [5.74, 6) is 0. The molecule has 78 valence electrons. The van der Waals surface area contributed by atoms with Gasteiger partial charge in [0, 0.05) is 24.6 Å². The molecule has 1 aliphatic carbocycles. The first kappa shape index (κ1) is 10.2. The summed E-state index contributed by atoms with van der Waals surface area (Å²) in [5, 5.41) is 0. The molecule has 15 heavy (non-hydrogen) atoms. The standard InChI is InChI=1S/C14H17N/c1-14(2)10-8-13(9-11-14)15-12-6-4-3-5-7-12/h3-8,10H,9,11H2,1-2H3/p+1. The van der Waals surface area contributed by atoms with Crippen LogP contribution in [0.5, 0.6) is 0 Å². The van der Waals surface area contributed by atoms with E-state index in [0.717, 1.165) is 6.42 Å². The van der Waals surface area contributed by atoms with E-state index < -0.39 is 0 Å². The van der Waals surface area contributed by atoms with Gasteiger partial charge in [0.2, 0.25) is 5.69 Å². The maximum atomic E-state index is 3.45. The van der Waals surface area contributed by atoms with Crippen molar-refractivity contribution in [1.29, 1.82) is 0 Å². The van der Waals surface area contributed by atoms with Crippen molar-refractivity contribution in [3.8, 4) is 0 Å². The van der Waals surface area contributed by atoms with Crippen molar-refractivity contribution in [3.63, 3.8) is 0 Å². The fourth-order valence-corrected chi connectivity index (χ4v) is 1.76. The molecule has 2 rings (SSSR count). The summed E-state index contributed by atoms with van der Waals surface area (Å²) in [5.41, 5.74) is 2.86. The Hall–Kier alpha value is -1.37. The van der Waals surface area contributed by atoms with E-state index in [0.29, 0.717) is 5.41 Å². The first-order valence-corrected chi connectivity index (χ1v) is 5.53. The molecule has 0 fully saturated rings. The molecule has 0 aromatic heterocycles. The van der Waals surface area contributed by atoms with Crippen LogP contribution in [-0.2, 0) is 0 Å². The lowest BCUT2D eigenvalue weighted by atomic mass is 9.82. The predicted molar refractivity (Wildman–Crippen MR) is 64.2 cm³/mol. The van der Waals surface area contributed by atoms with Crippen LogP contribution in [0.3, 0.4) is 0 Å². The number of hydrogen-bond donors (Lipinski definition) is 1. The quantitative estimate of drug-likeness (QED) is 0.714. The zero-order chi connectivity index (χ0) is 10.7. The summed E-state index contributed by atoms with van der Waals surface area (Å²) in [4.78, 5) is 3.45. The molecule has 0 bridgehead atoms. The average Bonchev–Trinajstić information content (AvgIpc) is 2.23. The van der Waals surface area contributed by atoms with Gasteiger partial charge in [-0.3, -0.25) is 0 Å². The molecular formula is C14H18N+. The molecule has 1 aromatic carbocycles. The third-order valence-electron chi connectivity index (χ3n) is 2.85. The lowest BCUT2D eigenvalue weighted by Crippen LogP contribution is -2.66. The fraction of sp³-hybridized carbons (Fsp3) is 0.357. The van der Waals surface area contributed by atoms with Crippen LogP contribution in [0, 0.1) is 5.41 Å². The Morgan fingerprint density at radius 1 is 1.13 bits per heavy atom. The first-order valence-electron chi connectivity index (χ1n) is 5.53. The summed E-state index contributed by atoms with van der Waals surface area (Å²) >= 11 is 0. The summed E-state index contributed by atoms with van der Waals surface area (Å²) in [6.07, 6.45) is 6.87. The number of hydrogen-bond acceptors (Lipinski definition) is 0. The molecule has 0 saturated carbocycles. The summed E-state index contributed by atoms with van der Waals surface area (Å²) < 4.78 is 0. The molecule has 1 nitrogen and oxygen atoms in total. The van der Waals surface area contributed by atoms with Gasteiger partial charge in [-0.2, -0.15) is 0 Å². The Morgan fingerprint density at radius 2 is 1.87 bits per heavy atom. The number of rotatable bonds is 1. The van der Waals surface area contributed by atoms with Crippen molar-refractivity contribution in [1.82, 2.24) is 0 Å². The molecule has 1 N–H and O–H groups in total. The molecule has 0 aliphatic heterocycles. The highest BCUT2D eigenvalue weighted by molar-refractivity contribution is 5.91. The van der Waals surface area contributed by atoms with Crippen LogP contribution in [0.1, 0.15) is 26.7 Å². The molecule has 0 spiro atoms. The highest BCUT2D eigenvalue weighted by Gasteiger charge is 2.21. The van der Waals surface area contributed by atoms with Crippen LogP contribution in [0.25, 0.3) is 0 Å². The van der Waals surface area contributed by atoms with Gasteiger partial charge >= 0.3 is 0 Å². The number of benzene rings is 1. The highest BCUT2D eigenvalue weighted by Crippen LogP contribution is 2.27. The minimum Gasteiger partial charge on any atom is -0.209 e. The van der Waals surface area contributed by atoms with E-state index in [9.17, 15) is 0 Å². The van der Waals surface area contributed by atoms with Gasteiger partial charge in [-0.25, -0.2) is 4.99 Å². The lowest BCUT2D eigenvalue weighted by molar-refractivity contribution is -0.354.